The number of nitrogens with zero attached hydrogens (tertiary/aromatic N) is 3. The SMILES string of the molecule is O=C(Cn1c2c(sc1=O)C(c1ccc(Br)cc1)C1C(=O)N(c3cccc(C(F)(F)F)c3)C(=O)C1S2)N1CCOCC1. The van der Waals surface area contributed by atoms with Crippen molar-refractivity contribution in [3.63, 3.8) is 0 Å². The fourth-order valence-electron chi connectivity index (χ4n) is 5.41. The number of alkyl halides is 3. The van der Waals surface area contributed by atoms with Gasteiger partial charge in [0, 0.05) is 28.4 Å². The van der Waals surface area contributed by atoms with Crippen LogP contribution < -0.4 is 9.77 Å². The van der Waals surface area contributed by atoms with Gasteiger partial charge in [-0.15, -0.1) is 0 Å². The molecule has 2 fully saturated rings. The summed E-state index contributed by atoms with van der Waals surface area (Å²) >= 11 is 5.33. The molecule has 14 heteroatoms. The van der Waals surface area contributed by atoms with Gasteiger partial charge in [0.15, 0.2) is 0 Å². The van der Waals surface area contributed by atoms with Gasteiger partial charge in [-0.2, -0.15) is 13.2 Å². The normalized spacial score (nSPS) is 22.6. The van der Waals surface area contributed by atoms with E-state index < -0.39 is 40.6 Å². The third-order valence-corrected chi connectivity index (χ3v) is 10.5. The quantitative estimate of drug-likeness (QED) is 0.385. The first kappa shape index (κ1) is 28.2. The summed E-state index contributed by atoms with van der Waals surface area (Å²) in [5, 5.41) is -0.584. The zero-order valence-corrected chi connectivity index (χ0v) is 24.3. The minimum Gasteiger partial charge on any atom is -0.378 e. The molecule has 214 valence electrons. The van der Waals surface area contributed by atoms with Crippen LogP contribution in [0.1, 0.15) is 21.9 Å². The molecule has 4 heterocycles. The van der Waals surface area contributed by atoms with Crippen molar-refractivity contribution >= 4 is 62.4 Å². The van der Waals surface area contributed by atoms with Gasteiger partial charge in [-0.05, 0) is 35.9 Å². The number of rotatable bonds is 4. The van der Waals surface area contributed by atoms with E-state index in [1.165, 1.54) is 10.6 Å². The fourth-order valence-corrected chi connectivity index (χ4v) is 8.45. The van der Waals surface area contributed by atoms with Crippen LogP contribution in [0.15, 0.2) is 62.8 Å². The summed E-state index contributed by atoms with van der Waals surface area (Å²) in [7, 11) is 0. The van der Waals surface area contributed by atoms with E-state index in [4.69, 9.17) is 4.74 Å². The molecule has 0 spiro atoms. The van der Waals surface area contributed by atoms with E-state index in [9.17, 15) is 32.3 Å². The summed E-state index contributed by atoms with van der Waals surface area (Å²) in [6, 6.07) is 11.2. The summed E-state index contributed by atoms with van der Waals surface area (Å²) in [6.07, 6.45) is -4.66. The largest absolute Gasteiger partial charge is 0.416 e. The number of aromatic nitrogens is 1. The molecule has 3 unspecified atom stereocenters. The number of anilines is 1. The zero-order valence-electron chi connectivity index (χ0n) is 21.1. The fraction of sp³-hybridized carbons (Fsp3) is 0.333. The Balaban J connectivity index is 1.43. The number of carbonyl (C=O) groups excluding carboxylic acids is 3. The lowest BCUT2D eigenvalue weighted by Gasteiger charge is -2.31. The van der Waals surface area contributed by atoms with Crippen molar-refractivity contribution in [3.8, 4) is 0 Å². The van der Waals surface area contributed by atoms with E-state index in [0.29, 0.717) is 41.8 Å². The number of amides is 3. The maximum absolute atomic E-state index is 13.9. The third kappa shape index (κ3) is 5.04. The maximum Gasteiger partial charge on any atom is 0.416 e. The molecular formula is C27H21BrF3N3O5S2. The van der Waals surface area contributed by atoms with Crippen molar-refractivity contribution in [1.82, 2.24) is 9.47 Å². The molecule has 2 aromatic carbocycles. The number of ether oxygens (including phenoxy) is 1. The Morgan fingerprint density at radius 1 is 1.02 bits per heavy atom. The number of halogens is 4. The Bertz CT molecular complexity index is 1600. The second kappa shape index (κ2) is 10.7. The summed E-state index contributed by atoms with van der Waals surface area (Å²) in [6.45, 7) is 1.36. The highest BCUT2D eigenvalue weighted by atomic mass is 79.9. The molecule has 3 atom stereocenters. The van der Waals surface area contributed by atoms with Gasteiger partial charge in [-0.1, -0.05) is 57.2 Å². The van der Waals surface area contributed by atoms with E-state index in [1.807, 2.05) is 0 Å². The van der Waals surface area contributed by atoms with Crippen molar-refractivity contribution < 1.29 is 32.3 Å². The first-order valence-corrected chi connectivity index (χ1v) is 15.1. The van der Waals surface area contributed by atoms with Crippen molar-refractivity contribution in [3.05, 3.63) is 78.7 Å². The van der Waals surface area contributed by atoms with Gasteiger partial charge in [0.1, 0.15) is 11.8 Å². The highest BCUT2D eigenvalue weighted by Gasteiger charge is 2.57. The number of carbonyl (C=O) groups is 3. The van der Waals surface area contributed by atoms with E-state index in [1.54, 1.807) is 29.2 Å². The lowest BCUT2D eigenvalue weighted by Crippen LogP contribution is -2.43. The first-order valence-electron chi connectivity index (χ1n) is 12.6. The van der Waals surface area contributed by atoms with Gasteiger partial charge in [-0.3, -0.25) is 23.7 Å². The molecule has 0 bridgehead atoms. The minimum atomic E-state index is -4.66. The van der Waals surface area contributed by atoms with Crippen LogP contribution in [-0.4, -0.2) is 58.7 Å². The standard InChI is InChI=1S/C27H21BrF3N3O5S2/c28-16-6-4-14(5-7-16)19-20-21(24(37)34(23(20)36)17-3-1-2-15(12-17)27(29,30)31)40-25-22(19)41-26(38)33(25)13-18(35)32-8-10-39-11-9-32/h1-7,12,19-21H,8-11,13H2. The molecule has 0 saturated carbocycles. The predicted octanol–water partition coefficient (Wildman–Crippen LogP) is 4.35. The van der Waals surface area contributed by atoms with E-state index in [0.717, 1.165) is 50.7 Å². The van der Waals surface area contributed by atoms with E-state index in [2.05, 4.69) is 15.9 Å². The number of imide groups is 1. The molecule has 2 saturated heterocycles. The second-order valence-electron chi connectivity index (χ2n) is 9.77. The average molecular weight is 669 g/mol. The lowest BCUT2D eigenvalue weighted by atomic mass is 9.83. The Hall–Kier alpha value is -2.94. The Morgan fingerprint density at radius 2 is 1.73 bits per heavy atom. The molecule has 1 aromatic heterocycles. The van der Waals surface area contributed by atoms with Crippen molar-refractivity contribution in [2.75, 3.05) is 31.2 Å². The molecule has 3 amide bonds. The van der Waals surface area contributed by atoms with Crippen LogP contribution >= 0.6 is 39.0 Å². The van der Waals surface area contributed by atoms with Gasteiger partial charge in [0.05, 0.1) is 35.4 Å². The molecule has 6 rings (SSSR count). The molecule has 0 aliphatic carbocycles. The number of hydrogen-bond acceptors (Lipinski definition) is 7. The maximum atomic E-state index is 13.9. The van der Waals surface area contributed by atoms with Crippen molar-refractivity contribution in [2.24, 2.45) is 5.92 Å². The van der Waals surface area contributed by atoms with Crippen molar-refractivity contribution in [2.45, 2.75) is 28.9 Å². The number of thiazole rings is 1. The molecule has 0 radical (unpaired) electrons. The number of benzene rings is 2. The van der Waals surface area contributed by atoms with Gasteiger partial charge < -0.3 is 9.64 Å². The number of thioether (sulfide) groups is 1. The topological polar surface area (TPSA) is 88.9 Å². The van der Waals surface area contributed by atoms with Gasteiger partial charge in [-0.25, -0.2) is 4.90 Å². The molecule has 3 aliphatic heterocycles. The molecule has 8 nitrogen and oxygen atoms in total. The number of hydrogen-bond donors (Lipinski definition) is 0. The molecule has 3 aliphatic rings. The van der Waals surface area contributed by atoms with E-state index in [-0.39, 0.29) is 23.0 Å². The van der Waals surface area contributed by atoms with Gasteiger partial charge >= 0.3 is 11.0 Å². The van der Waals surface area contributed by atoms with Crippen LogP contribution in [0.4, 0.5) is 18.9 Å². The van der Waals surface area contributed by atoms with Crippen LogP contribution in [-0.2, 0) is 31.8 Å². The second-order valence-corrected chi connectivity index (χ2v) is 12.8. The number of fused-ring (bicyclic) bond motifs is 2. The lowest BCUT2D eigenvalue weighted by molar-refractivity contribution is -0.138. The smallest absolute Gasteiger partial charge is 0.378 e. The van der Waals surface area contributed by atoms with Crippen LogP contribution in [0.25, 0.3) is 0 Å². The summed E-state index contributed by atoms with van der Waals surface area (Å²) < 4.78 is 47.8. The molecule has 0 N–H and O–H groups in total. The minimum absolute atomic E-state index is 0.164. The highest BCUT2D eigenvalue weighted by molar-refractivity contribution is 9.10. The van der Waals surface area contributed by atoms with Crippen LogP contribution in [0.2, 0.25) is 0 Å². The summed E-state index contributed by atoms with van der Waals surface area (Å²) in [5.74, 6) is -3.24. The zero-order chi connectivity index (χ0) is 29.1. The Kier molecular flexibility index (Phi) is 7.37. The third-order valence-electron chi connectivity index (χ3n) is 7.37. The van der Waals surface area contributed by atoms with E-state index >= 15 is 0 Å². The van der Waals surface area contributed by atoms with Crippen LogP contribution in [0.3, 0.4) is 0 Å². The van der Waals surface area contributed by atoms with Crippen LogP contribution in [0, 0.1) is 5.92 Å². The Morgan fingerprint density at radius 3 is 2.41 bits per heavy atom. The number of morpholine rings is 1. The molecular weight excluding hydrogens is 647 g/mol. The Labute approximate surface area is 248 Å². The average Bonchev–Trinajstić information content (AvgIpc) is 3.39. The van der Waals surface area contributed by atoms with Gasteiger partial charge in [0.2, 0.25) is 17.7 Å². The van der Waals surface area contributed by atoms with Gasteiger partial charge in [0.25, 0.3) is 0 Å². The monoisotopic (exact) mass is 667 g/mol. The predicted molar refractivity (Wildman–Crippen MR) is 149 cm³/mol. The molecule has 41 heavy (non-hydrogen) atoms. The summed E-state index contributed by atoms with van der Waals surface area (Å²) in [5.41, 5.74) is -0.468. The first-order chi connectivity index (χ1) is 19.5. The highest BCUT2D eigenvalue weighted by Crippen LogP contribution is 2.54. The molecule has 3 aromatic rings. The summed E-state index contributed by atoms with van der Waals surface area (Å²) in [4.78, 5) is 56.6. The van der Waals surface area contributed by atoms with Crippen molar-refractivity contribution in [1.29, 1.82) is 0 Å². The van der Waals surface area contributed by atoms with Crippen LogP contribution in [0.5, 0.6) is 0 Å².